The molecule has 0 bridgehead atoms. The van der Waals surface area contributed by atoms with E-state index in [1.807, 2.05) is 0 Å². The predicted molar refractivity (Wildman–Crippen MR) is 42.0 cm³/mol. The molecule has 0 aliphatic carbocycles. The van der Waals surface area contributed by atoms with Gasteiger partial charge >= 0.3 is 0 Å². The fourth-order valence-corrected chi connectivity index (χ4v) is 0.565. The van der Waals surface area contributed by atoms with Crippen LogP contribution in [-0.4, -0.2) is 37.9 Å². The Balaban J connectivity index is 0.000000187. The molecule has 0 radical (unpaired) electrons. The Morgan fingerprint density at radius 3 is 2.18 bits per heavy atom. The van der Waals surface area contributed by atoms with Crippen LogP contribution < -0.4 is 5.32 Å². The summed E-state index contributed by atoms with van der Waals surface area (Å²) in [6, 6.07) is 0. The Labute approximate surface area is 66.6 Å². The lowest BCUT2D eigenvalue weighted by molar-refractivity contribution is -0.119. The van der Waals surface area contributed by atoms with E-state index in [2.05, 4.69) is 5.32 Å². The molecular formula is C7H14N2O2. The van der Waals surface area contributed by atoms with Gasteiger partial charge in [-0.25, -0.2) is 0 Å². The van der Waals surface area contributed by atoms with Crippen LogP contribution in [-0.2, 0) is 9.59 Å². The third kappa shape index (κ3) is 6.83. The van der Waals surface area contributed by atoms with Gasteiger partial charge < -0.3 is 10.2 Å². The second-order valence-corrected chi connectivity index (χ2v) is 2.52. The van der Waals surface area contributed by atoms with Gasteiger partial charge in [-0.05, 0) is 6.42 Å². The highest BCUT2D eigenvalue weighted by Crippen LogP contribution is 1.93. The van der Waals surface area contributed by atoms with E-state index in [0.717, 1.165) is 25.8 Å². The van der Waals surface area contributed by atoms with Crippen molar-refractivity contribution in [1.82, 2.24) is 10.2 Å². The van der Waals surface area contributed by atoms with Gasteiger partial charge in [0, 0.05) is 27.1 Å². The second-order valence-electron chi connectivity index (χ2n) is 2.52. The molecule has 1 saturated heterocycles. The first kappa shape index (κ1) is 9.94. The fraction of sp³-hybridized carbons (Fsp3) is 0.714. The summed E-state index contributed by atoms with van der Waals surface area (Å²) in [7, 11) is 3.38. The summed E-state index contributed by atoms with van der Waals surface area (Å²) in [6.45, 7) is 0.888. The number of hydrogen-bond donors (Lipinski definition) is 1. The van der Waals surface area contributed by atoms with E-state index in [1.165, 1.54) is 4.90 Å². The lowest BCUT2D eigenvalue weighted by atomic mass is 10.4. The average Bonchev–Trinajstić information content (AvgIpc) is 2.41. The summed E-state index contributed by atoms with van der Waals surface area (Å²) >= 11 is 0. The first-order valence-corrected chi connectivity index (χ1v) is 3.55. The van der Waals surface area contributed by atoms with Gasteiger partial charge in [0.05, 0.1) is 0 Å². The quantitative estimate of drug-likeness (QED) is 0.528. The minimum Gasteiger partial charge on any atom is -0.356 e. The van der Waals surface area contributed by atoms with Crippen LogP contribution in [0.1, 0.15) is 12.8 Å². The van der Waals surface area contributed by atoms with Gasteiger partial charge in [0.1, 0.15) is 0 Å². The van der Waals surface area contributed by atoms with Crippen LogP contribution in [0.3, 0.4) is 0 Å². The molecule has 0 aromatic carbocycles. The molecule has 1 N–H and O–H groups in total. The standard InChI is InChI=1S/C4H7NO.C3H7NO/c6-4-2-1-3-5-4;1-4(2)3-5/h1-3H2,(H,5,6);3H,1-2H3. The van der Waals surface area contributed by atoms with E-state index >= 15 is 0 Å². The molecule has 0 unspecified atom stereocenters. The zero-order chi connectivity index (χ0) is 8.69. The van der Waals surface area contributed by atoms with E-state index in [4.69, 9.17) is 0 Å². The van der Waals surface area contributed by atoms with Gasteiger partial charge in [0.2, 0.25) is 12.3 Å². The minimum absolute atomic E-state index is 0.204. The molecular weight excluding hydrogens is 144 g/mol. The smallest absolute Gasteiger partial charge is 0.220 e. The molecule has 1 aliphatic heterocycles. The predicted octanol–water partition coefficient (Wildman–Crippen LogP) is -0.399. The van der Waals surface area contributed by atoms with Crippen molar-refractivity contribution in [2.45, 2.75) is 12.8 Å². The summed E-state index contributed by atoms with van der Waals surface area (Å²) in [5.41, 5.74) is 0. The SMILES string of the molecule is CN(C)C=O.O=C1CCCN1. The second kappa shape index (κ2) is 5.70. The monoisotopic (exact) mass is 158 g/mol. The third-order valence-corrected chi connectivity index (χ3v) is 1.11. The molecule has 1 heterocycles. The maximum Gasteiger partial charge on any atom is 0.220 e. The highest BCUT2D eigenvalue weighted by Gasteiger charge is 2.05. The first-order chi connectivity index (χ1) is 5.16. The molecule has 1 rings (SSSR count). The molecule has 4 heteroatoms. The number of carbonyl (C=O) groups excluding carboxylic acids is 2. The average molecular weight is 158 g/mol. The Morgan fingerprint density at radius 2 is 2.09 bits per heavy atom. The van der Waals surface area contributed by atoms with Gasteiger partial charge in [0.25, 0.3) is 0 Å². The van der Waals surface area contributed by atoms with Crippen molar-refractivity contribution in [1.29, 1.82) is 0 Å². The Morgan fingerprint density at radius 1 is 1.55 bits per heavy atom. The van der Waals surface area contributed by atoms with Crippen LogP contribution in [0.5, 0.6) is 0 Å². The number of amides is 2. The van der Waals surface area contributed by atoms with Crippen molar-refractivity contribution in [2.24, 2.45) is 0 Å². The molecule has 64 valence electrons. The van der Waals surface area contributed by atoms with E-state index in [1.54, 1.807) is 14.1 Å². The van der Waals surface area contributed by atoms with E-state index in [9.17, 15) is 9.59 Å². The number of hydrogen-bond acceptors (Lipinski definition) is 2. The van der Waals surface area contributed by atoms with Crippen LogP contribution in [0.15, 0.2) is 0 Å². The molecule has 2 amide bonds. The number of carbonyl (C=O) groups is 2. The molecule has 4 nitrogen and oxygen atoms in total. The summed E-state index contributed by atoms with van der Waals surface area (Å²) in [4.78, 5) is 21.0. The Kier molecular flexibility index (Phi) is 5.15. The van der Waals surface area contributed by atoms with Crippen molar-refractivity contribution >= 4 is 12.3 Å². The number of nitrogens with zero attached hydrogens (tertiary/aromatic N) is 1. The molecule has 1 aliphatic rings. The zero-order valence-electron chi connectivity index (χ0n) is 6.96. The van der Waals surface area contributed by atoms with Crippen LogP contribution in [0.2, 0.25) is 0 Å². The highest BCUT2D eigenvalue weighted by molar-refractivity contribution is 5.77. The highest BCUT2D eigenvalue weighted by atomic mass is 16.1. The number of nitrogens with one attached hydrogen (secondary N) is 1. The van der Waals surface area contributed by atoms with Crippen LogP contribution >= 0.6 is 0 Å². The molecule has 0 atom stereocenters. The Bertz CT molecular complexity index is 126. The zero-order valence-corrected chi connectivity index (χ0v) is 6.96. The van der Waals surface area contributed by atoms with Crippen molar-refractivity contribution in [3.8, 4) is 0 Å². The summed E-state index contributed by atoms with van der Waals surface area (Å²) in [5.74, 6) is 0.204. The van der Waals surface area contributed by atoms with Crippen molar-refractivity contribution in [3.05, 3.63) is 0 Å². The van der Waals surface area contributed by atoms with Crippen LogP contribution in [0, 0.1) is 0 Å². The van der Waals surface area contributed by atoms with E-state index < -0.39 is 0 Å². The molecule has 11 heavy (non-hydrogen) atoms. The maximum atomic E-state index is 10.1. The first-order valence-electron chi connectivity index (χ1n) is 3.55. The van der Waals surface area contributed by atoms with E-state index in [-0.39, 0.29) is 5.91 Å². The van der Waals surface area contributed by atoms with Crippen molar-refractivity contribution < 1.29 is 9.59 Å². The van der Waals surface area contributed by atoms with Gasteiger partial charge in [0.15, 0.2) is 0 Å². The fourth-order valence-electron chi connectivity index (χ4n) is 0.565. The normalized spacial score (nSPS) is 14.5. The van der Waals surface area contributed by atoms with Crippen LogP contribution in [0.4, 0.5) is 0 Å². The molecule has 0 spiro atoms. The van der Waals surface area contributed by atoms with Gasteiger partial charge in [-0.15, -0.1) is 0 Å². The van der Waals surface area contributed by atoms with Gasteiger partial charge in [-0.1, -0.05) is 0 Å². The third-order valence-electron chi connectivity index (χ3n) is 1.11. The number of rotatable bonds is 1. The van der Waals surface area contributed by atoms with E-state index in [0.29, 0.717) is 0 Å². The summed E-state index contributed by atoms with van der Waals surface area (Å²) < 4.78 is 0. The summed E-state index contributed by atoms with van der Waals surface area (Å²) in [6.07, 6.45) is 2.51. The van der Waals surface area contributed by atoms with Gasteiger partial charge in [-0.3, -0.25) is 9.59 Å². The maximum absolute atomic E-state index is 10.1. The molecule has 0 saturated carbocycles. The molecule has 0 aromatic heterocycles. The largest absolute Gasteiger partial charge is 0.356 e. The minimum atomic E-state index is 0.204. The van der Waals surface area contributed by atoms with Crippen molar-refractivity contribution in [3.63, 3.8) is 0 Å². The van der Waals surface area contributed by atoms with Gasteiger partial charge in [-0.2, -0.15) is 0 Å². The molecule has 0 aromatic rings. The lowest BCUT2D eigenvalue weighted by Crippen LogP contribution is -2.12. The summed E-state index contributed by atoms with van der Waals surface area (Å²) in [5, 5.41) is 2.68. The lowest BCUT2D eigenvalue weighted by Gasteiger charge is -1.93. The molecule has 1 fully saturated rings. The van der Waals surface area contributed by atoms with Crippen LogP contribution in [0.25, 0.3) is 0 Å². The Hall–Kier alpha value is -1.06. The topological polar surface area (TPSA) is 49.4 Å². The van der Waals surface area contributed by atoms with Crippen molar-refractivity contribution in [2.75, 3.05) is 20.6 Å².